The molecule has 0 saturated carbocycles. The Morgan fingerprint density at radius 3 is 2.12 bits per heavy atom. The van der Waals surface area contributed by atoms with Crippen LogP contribution in [0.3, 0.4) is 0 Å². The minimum atomic E-state index is -0.777. The van der Waals surface area contributed by atoms with Crippen molar-refractivity contribution in [3.05, 3.63) is 101 Å². The molecule has 0 aliphatic heterocycles. The summed E-state index contributed by atoms with van der Waals surface area (Å²) in [7, 11) is 0. The number of carboxylic acids is 1. The number of aryl methyl sites for hydroxylation is 1. The van der Waals surface area contributed by atoms with E-state index in [9.17, 15) is 4.79 Å². The van der Waals surface area contributed by atoms with Crippen LogP contribution >= 0.6 is 0 Å². The van der Waals surface area contributed by atoms with Gasteiger partial charge in [-0.2, -0.15) is 0 Å². The fourth-order valence-electron chi connectivity index (χ4n) is 2.85. The highest BCUT2D eigenvalue weighted by Crippen LogP contribution is 2.19. The highest BCUT2D eigenvalue weighted by molar-refractivity contribution is 5.67. The van der Waals surface area contributed by atoms with Crippen molar-refractivity contribution in [1.29, 1.82) is 0 Å². The summed E-state index contributed by atoms with van der Waals surface area (Å²) in [5, 5.41) is 8.75. The van der Waals surface area contributed by atoms with E-state index in [2.05, 4.69) is 42.5 Å². The van der Waals surface area contributed by atoms with Crippen molar-refractivity contribution in [1.82, 2.24) is 0 Å². The molecule has 0 fully saturated rings. The van der Waals surface area contributed by atoms with E-state index in [4.69, 9.17) is 9.84 Å². The number of ether oxygens (including phenoxy) is 1. The highest BCUT2D eigenvalue weighted by atomic mass is 16.5. The second kappa shape index (κ2) is 8.86. The second-order valence-corrected chi connectivity index (χ2v) is 6.26. The Morgan fingerprint density at radius 1 is 0.769 bits per heavy atom. The number of carbonyl (C=O) groups is 1. The molecule has 132 valence electrons. The lowest BCUT2D eigenvalue weighted by Crippen LogP contribution is -2.01. The summed E-state index contributed by atoms with van der Waals surface area (Å²) in [5.74, 6) is 0.0129. The minimum Gasteiger partial charge on any atom is -0.489 e. The maximum absolute atomic E-state index is 10.6. The van der Waals surface area contributed by atoms with Crippen LogP contribution in [0.25, 0.3) is 0 Å². The van der Waals surface area contributed by atoms with Crippen LogP contribution in [0.15, 0.2) is 78.9 Å². The third-order valence-corrected chi connectivity index (χ3v) is 4.30. The maximum atomic E-state index is 10.6. The van der Waals surface area contributed by atoms with Gasteiger partial charge in [0.05, 0.1) is 0 Å². The zero-order valence-electron chi connectivity index (χ0n) is 14.6. The van der Waals surface area contributed by atoms with Crippen molar-refractivity contribution in [2.45, 2.75) is 25.9 Å². The lowest BCUT2D eigenvalue weighted by atomic mass is 10.0. The quantitative estimate of drug-likeness (QED) is 0.633. The zero-order chi connectivity index (χ0) is 18.2. The molecule has 3 aromatic carbocycles. The smallest absolute Gasteiger partial charge is 0.303 e. The summed E-state index contributed by atoms with van der Waals surface area (Å²) in [4.78, 5) is 10.6. The van der Waals surface area contributed by atoms with Crippen molar-refractivity contribution in [2.24, 2.45) is 0 Å². The van der Waals surface area contributed by atoms with E-state index in [0.717, 1.165) is 17.7 Å². The molecule has 0 unspecified atom stereocenters. The minimum absolute atomic E-state index is 0.146. The number of aliphatic carboxylic acids is 1. The summed E-state index contributed by atoms with van der Waals surface area (Å²) in [6.45, 7) is 0.511. The molecule has 3 heteroatoms. The Balaban J connectivity index is 1.62. The van der Waals surface area contributed by atoms with Gasteiger partial charge in [-0.05, 0) is 47.2 Å². The average Bonchev–Trinajstić information content (AvgIpc) is 2.67. The molecule has 0 aliphatic carbocycles. The van der Waals surface area contributed by atoms with Gasteiger partial charge >= 0.3 is 5.97 Å². The first-order valence-corrected chi connectivity index (χ1v) is 8.75. The van der Waals surface area contributed by atoms with Crippen LogP contribution in [0.2, 0.25) is 0 Å². The number of carboxylic acid groups (broad SMARTS) is 1. The van der Waals surface area contributed by atoms with Crippen LogP contribution in [-0.2, 0) is 24.2 Å². The molecule has 3 aromatic rings. The lowest BCUT2D eigenvalue weighted by molar-refractivity contribution is -0.136. The maximum Gasteiger partial charge on any atom is 0.303 e. The van der Waals surface area contributed by atoms with E-state index >= 15 is 0 Å². The zero-order valence-corrected chi connectivity index (χ0v) is 14.6. The van der Waals surface area contributed by atoms with Gasteiger partial charge in [-0.25, -0.2) is 0 Å². The monoisotopic (exact) mass is 346 g/mol. The van der Waals surface area contributed by atoms with Crippen LogP contribution in [0.4, 0.5) is 0 Å². The Kier molecular flexibility index (Phi) is 6.05. The predicted molar refractivity (Wildman–Crippen MR) is 102 cm³/mol. The third kappa shape index (κ3) is 5.21. The molecule has 0 amide bonds. The Bertz CT molecular complexity index is 839. The van der Waals surface area contributed by atoms with Crippen LogP contribution in [0.5, 0.6) is 5.75 Å². The van der Waals surface area contributed by atoms with Crippen LogP contribution < -0.4 is 4.74 Å². The summed E-state index contributed by atoms with van der Waals surface area (Å²) in [5.41, 5.74) is 4.72. The summed E-state index contributed by atoms with van der Waals surface area (Å²) < 4.78 is 5.93. The number of hydrogen-bond donors (Lipinski definition) is 1. The molecule has 0 spiro atoms. The van der Waals surface area contributed by atoms with Gasteiger partial charge in [0.2, 0.25) is 0 Å². The molecule has 0 radical (unpaired) electrons. The third-order valence-electron chi connectivity index (χ3n) is 4.30. The molecule has 0 saturated heterocycles. The average molecular weight is 346 g/mol. The Labute approximate surface area is 153 Å². The van der Waals surface area contributed by atoms with Gasteiger partial charge in [-0.1, -0.05) is 66.7 Å². The van der Waals surface area contributed by atoms with Gasteiger partial charge in [0.1, 0.15) is 12.4 Å². The van der Waals surface area contributed by atoms with Crippen LogP contribution in [-0.4, -0.2) is 11.1 Å². The second-order valence-electron chi connectivity index (χ2n) is 6.26. The number of hydrogen-bond acceptors (Lipinski definition) is 2. The summed E-state index contributed by atoms with van der Waals surface area (Å²) in [6.07, 6.45) is 1.57. The van der Waals surface area contributed by atoms with Crippen molar-refractivity contribution in [3.63, 3.8) is 0 Å². The summed E-state index contributed by atoms with van der Waals surface area (Å²) in [6, 6.07) is 26.4. The highest BCUT2D eigenvalue weighted by Gasteiger charge is 2.05. The van der Waals surface area contributed by atoms with Gasteiger partial charge in [-0.15, -0.1) is 0 Å². The molecule has 3 nitrogen and oxygen atoms in total. The lowest BCUT2D eigenvalue weighted by Gasteiger charge is -2.12. The van der Waals surface area contributed by atoms with Crippen molar-refractivity contribution >= 4 is 5.97 Å². The fraction of sp³-hybridized carbons (Fsp3) is 0.174. The first kappa shape index (κ1) is 17.7. The Morgan fingerprint density at radius 2 is 1.42 bits per heavy atom. The molecular weight excluding hydrogens is 324 g/mol. The number of benzene rings is 3. The van der Waals surface area contributed by atoms with Gasteiger partial charge in [-0.3, -0.25) is 4.79 Å². The molecule has 0 heterocycles. The van der Waals surface area contributed by atoms with E-state index in [1.165, 1.54) is 16.7 Å². The molecule has 26 heavy (non-hydrogen) atoms. The fourth-order valence-corrected chi connectivity index (χ4v) is 2.85. The topological polar surface area (TPSA) is 46.5 Å². The first-order valence-electron chi connectivity index (χ1n) is 8.75. The van der Waals surface area contributed by atoms with Crippen molar-refractivity contribution in [2.75, 3.05) is 0 Å². The van der Waals surface area contributed by atoms with Gasteiger partial charge in [0.15, 0.2) is 0 Å². The van der Waals surface area contributed by atoms with Crippen molar-refractivity contribution in [3.8, 4) is 5.75 Å². The molecule has 0 aromatic heterocycles. The molecule has 0 atom stereocenters. The van der Waals surface area contributed by atoms with Gasteiger partial charge in [0.25, 0.3) is 0 Å². The molecule has 0 aliphatic rings. The van der Waals surface area contributed by atoms with E-state index in [-0.39, 0.29) is 6.42 Å². The van der Waals surface area contributed by atoms with Gasteiger partial charge in [0, 0.05) is 6.42 Å². The molecule has 1 N–H and O–H groups in total. The molecular formula is C23H22O3. The number of rotatable bonds is 8. The van der Waals surface area contributed by atoms with E-state index in [0.29, 0.717) is 13.0 Å². The first-order chi connectivity index (χ1) is 12.7. The van der Waals surface area contributed by atoms with E-state index in [1.807, 2.05) is 36.4 Å². The van der Waals surface area contributed by atoms with Crippen molar-refractivity contribution < 1.29 is 14.6 Å². The van der Waals surface area contributed by atoms with Gasteiger partial charge < -0.3 is 9.84 Å². The van der Waals surface area contributed by atoms with Crippen LogP contribution in [0, 0.1) is 0 Å². The SMILES string of the molecule is O=C(O)CCc1ccc(OCc2ccccc2Cc2ccccc2)cc1. The largest absolute Gasteiger partial charge is 0.489 e. The Hall–Kier alpha value is -3.07. The normalized spacial score (nSPS) is 10.5. The van der Waals surface area contributed by atoms with Crippen LogP contribution in [0.1, 0.15) is 28.7 Å². The summed E-state index contributed by atoms with van der Waals surface area (Å²) >= 11 is 0. The standard InChI is InChI=1S/C23H22O3/c24-23(25)15-12-18-10-13-22(14-11-18)26-17-21-9-5-4-8-20(21)16-19-6-2-1-3-7-19/h1-11,13-14H,12,15-17H2,(H,24,25). The molecule has 0 bridgehead atoms. The predicted octanol–water partition coefficient (Wildman–Crippen LogP) is 4.87. The van der Waals surface area contributed by atoms with E-state index in [1.54, 1.807) is 0 Å². The van der Waals surface area contributed by atoms with E-state index < -0.39 is 5.97 Å². The molecule has 3 rings (SSSR count).